The molecule has 1 amide bonds. The molecule has 1 aliphatic heterocycles. The van der Waals surface area contributed by atoms with Crippen molar-refractivity contribution in [2.45, 2.75) is 12.3 Å². The van der Waals surface area contributed by atoms with E-state index in [9.17, 15) is 4.79 Å². The van der Waals surface area contributed by atoms with Crippen molar-refractivity contribution in [2.24, 2.45) is 0 Å². The Morgan fingerprint density at radius 1 is 0.964 bits per heavy atom. The van der Waals surface area contributed by atoms with E-state index in [0.29, 0.717) is 23.7 Å². The van der Waals surface area contributed by atoms with Crippen molar-refractivity contribution in [3.05, 3.63) is 59.8 Å². The van der Waals surface area contributed by atoms with Gasteiger partial charge in [0.1, 0.15) is 23.1 Å². The SMILES string of the molecule is COc1ccc(-n2ncc3c2NC(=O)CC3c2cc(OC)ccc2OC)cc1. The molecule has 0 bridgehead atoms. The van der Waals surface area contributed by atoms with Crippen LogP contribution in [-0.2, 0) is 4.79 Å². The van der Waals surface area contributed by atoms with Crippen LogP contribution in [0.2, 0.25) is 0 Å². The van der Waals surface area contributed by atoms with Crippen LogP contribution in [0.5, 0.6) is 17.2 Å². The fourth-order valence-electron chi connectivity index (χ4n) is 3.53. The summed E-state index contributed by atoms with van der Waals surface area (Å²) in [5.74, 6) is 2.59. The molecule has 0 saturated heterocycles. The van der Waals surface area contributed by atoms with Gasteiger partial charge in [-0.05, 0) is 42.5 Å². The summed E-state index contributed by atoms with van der Waals surface area (Å²) in [5.41, 5.74) is 2.66. The summed E-state index contributed by atoms with van der Waals surface area (Å²) < 4.78 is 17.8. The standard InChI is InChI=1S/C21H21N3O4/c1-26-14-6-4-13(5-7-14)24-21-18(12-22-24)16(11-20(25)23-21)17-10-15(27-2)8-9-19(17)28-3/h4-10,12,16H,11H2,1-3H3,(H,23,25). The van der Waals surface area contributed by atoms with Gasteiger partial charge in [-0.25, -0.2) is 4.68 Å². The van der Waals surface area contributed by atoms with Gasteiger partial charge in [0.05, 0.1) is 33.2 Å². The Labute approximate surface area is 162 Å². The van der Waals surface area contributed by atoms with Gasteiger partial charge in [0.2, 0.25) is 5.91 Å². The van der Waals surface area contributed by atoms with Crippen LogP contribution in [0.15, 0.2) is 48.7 Å². The molecule has 0 fully saturated rings. The molecule has 0 aliphatic carbocycles. The predicted octanol–water partition coefficient (Wildman–Crippen LogP) is 3.37. The number of methoxy groups -OCH3 is 3. The first-order valence-corrected chi connectivity index (χ1v) is 8.88. The quantitative estimate of drug-likeness (QED) is 0.736. The lowest BCUT2D eigenvalue weighted by atomic mass is 9.86. The normalized spacial score (nSPS) is 15.5. The van der Waals surface area contributed by atoms with Gasteiger partial charge in [-0.3, -0.25) is 4.79 Å². The van der Waals surface area contributed by atoms with Crippen molar-refractivity contribution >= 4 is 11.7 Å². The lowest BCUT2D eigenvalue weighted by Gasteiger charge is -2.25. The van der Waals surface area contributed by atoms with Crippen LogP contribution in [0.25, 0.3) is 5.69 Å². The first-order valence-electron chi connectivity index (χ1n) is 8.88. The molecule has 144 valence electrons. The molecule has 2 aromatic carbocycles. The van der Waals surface area contributed by atoms with E-state index >= 15 is 0 Å². The van der Waals surface area contributed by atoms with Crippen LogP contribution in [0.4, 0.5) is 5.82 Å². The van der Waals surface area contributed by atoms with Crippen LogP contribution >= 0.6 is 0 Å². The Kier molecular flexibility index (Phi) is 4.65. The lowest BCUT2D eigenvalue weighted by molar-refractivity contribution is -0.116. The maximum atomic E-state index is 12.5. The largest absolute Gasteiger partial charge is 0.497 e. The van der Waals surface area contributed by atoms with Crippen LogP contribution in [0.1, 0.15) is 23.5 Å². The number of nitrogens with zero attached hydrogens (tertiary/aromatic N) is 2. The van der Waals surface area contributed by atoms with Crippen molar-refractivity contribution in [2.75, 3.05) is 26.6 Å². The highest BCUT2D eigenvalue weighted by atomic mass is 16.5. The van der Waals surface area contributed by atoms with E-state index in [1.54, 1.807) is 32.2 Å². The minimum Gasteiger partial charge on any atom is -0.497 e. The highest BCUT2D eigenvalue weighted by Gasteiger charge is 2.32. The maximum absolute atomic E-state index is 12.5. The number of hydrogen-bond donors (Lipinski definition) is 1. The molecule has 7 heteroatoms. The molecule has 7 nitrogen and oxygen atoms in total. The summed E-state index contributed by atoms with van der Waals surface area (Å²) in [4.78, 5) is 12.5. The lowest BCUT2D eigenvalue weighted by Crippen LogP contribution is -2.24. The van der Waals surface area contributed by atoms with Gasteiger partial charge < -0.3 is 19.5 Å². The summed E-state index contributed by atoms with van der Waals surface area (Å²) in [6.45, 7) is 0. The number of benzene rings is 2. The molecule has 0 radical (unpaired) electrons. The van der Waals surface area contributed by atoms with Crippen LogP contribution in [-0.4, -0.2) is 37.0 Å². The maximum Gasteiger partial charge on any atom is 0.226 e. The second-order valence-electron chi connectivity index (χ2n) is 6.47. The van der Waals surface area contributed by atoms with Crippen molar-refractivity contribution in [1.82, 2.24) is 9.78 Å². The zero-order valence-corrected chi connectivity index (χ0v) is 15.9. The van der Waals surface area contributed by atoms with Gasteiger partial charge in [0, 0.05) is 23.5 Å². The number of ether oxygens (including phenoxy) is 3. The molecule has 1 aliphatic rings. The molecule has 1 aromatic heterocycles. The topological polar surface area (TPSA) is 74.6 Å². The number of carbonyl (C=O) groups excluding carboxylic acids is 1. The summed E-state index contributed by atoms with van der Waals surface area (Å²) in [5, 5.41) is 7.48. The minimum atomic E-state index is -0.180. The summed E-state index contributed by atoms with van der Waals surface area (Å²) in [7, 11) is 4.86. The van der Waals surface area contributed by atoms with Gasteiger partial charge in [0.15, 0.2) is 0 Å². The zero-order chi connectivity index (χ0) is 19.7. The van der Waals surface area contributed by atoms with Gasteiger partial charge in [-0.1, -0.05) is 0 Å². The molecule has 3 aromatic rings. The molecule has 1 unspecified atom stereocenters. The summed E-state index contributed by atoms with van der Waals surface area (Å²) >= 11 is 0. The summed E-state index contributed by atoms with van der Waals surface area (Å²) in [6.07, 6.45) is 2.10. The third kappa shape index (κ3) is 3.05. The van der Waals surface area contributed by atoms with Crippen molar-refractivity contribution in [1.29, 1.82) is 0 Å². The average molecular weight is 379 g/mol. The van der Waals surface area contributed by atoms with Gasteiger partial charge >= 0.3 is 0 Å². The van der Waals surface area contributed by atoms with Crippen LogP contribution in [0, 0.1) is 0 Å². The first-order chi connectivity index (χ1) is 13.6. The monoisotopic (exact) mass is 379 g/mol. The number of hydrogen-bond acceptors (Lipinski definition) is 5. The smallest absolute Gasteiger partial charge is 0.226 e. The second kappa shape index (κ2) is 7.26. The number of rotatable bonds is 5. The van der Waals surface area contributed by atoms with Crippen molar-refractivity contribution in [3.63, 3.8) is 0 Å². The van der Waals surface area contributed by atoms with E-state index in [4.69, 9.17) is 14.2 Å². The van der Waals surface area contributed by atoms with Crippen molar-refractivity contribution < 1.29 is 19.0 Å². The fraction of sp³-hybridized carbons (Fsp3) is 0.238. The number of aromatic nitrogens is 2. The molecule has 4 rings (SSSR count). The molecule has 0 spiro atoms. The third-order valence-corrected chi connectivity index (χ3v) is 4.95. The van der Waals surface area contributed by atoms with Gasteiger partial charge in [-0.15, -0.1) is 0 Å². The molecule has 1 N–H and O–H groups in total. The van der Waals surface area contributed by atoms with E-state index in [2.05, 4.69) is 10.4 Å². The highest BCUT2D eigenvalue weighted by Crippen LogP contribution is 2.42. The number of nitrogens with one attached hydrogen (secondary N) is 1. The van der Waals surface area contributed by atoms with E-state index in [1.807, 2.05) is 42.5 Å². The Bertz CT molecular complexity index is 1010. The number of anilines is 1. The number of amides is 1. The van der Waals surface area contributed by atoms with Gasteiger partial charge in [0.25, 0.3) is 0 Å². The Balaban J connectivity index is 1.81. The molecular weight excluding hydrogens is 358 g/mol. The van der Waals surface area contributed by atoms with Crippen molar-refractivity contribution in [3.8, 4) is 22.9 Å². The third-order valence-electron chi connectivity index (χ3n) is 4.95. The molecule has 28 heavy (non-hydrogen) atoms. The first kappa shape index (κ1) is 17.9. The Morgan fingerprint density at radius 2 is 1.68 bits per heavy atom. The zero-order valence-electron chi connectivity index (χ0n) is 15.9. The Morgan fingerprint density at radius 3 is 2.36 bits per heavy atom. The second-order valence-corrected chi connectivity index (χ2v) is 6.47. The van der Waals surface area contributed by atoms with E-state index in [1.165, 1.54) is 0 Å². The summed E-state index contributed by atoms with van der Waals surface area (Å²) in [6, 6.07) is 13.1. The number of fused-ring (bicyclic) bond motifs is 1. The van der Waals surface area contributed by atoms with Crippen LogP contribution in [0.3, 0.4) is 0 Å². The van der Waals surface area contributed by atoms with Crippen LogP contribution < -0.4 is 19.5 Å². The molecule has 0 saturated carbocycles. The molecular formula is C21H21N3O4. The highest BCUT2D eigenvalue weighted by molar-refractivity contribution is 5.94. The fourth-order valence-corrected chi connectivity index (χ4v) is 3.53. The van der Waals surface area contributed by atoms with E-state index < -0.39 is 0 Å². The molecule has 1 atom stereocenters. The van der Waals surface area contributed by atoms with E-state index in [0.717, 1.165) is 22.6 Å². The van der Waals surface area contributed by atoms with E-state index in [-0.39, 0.29) is 11.8 Å². The Hall–Kier alpha value is -3.48. The number of carbonyl (C=O) groups is 1. The predicted molar refractivity (Wildman–Crippen MR) is 105 cm³/mol. The average Bonchev–Trinajstić information content (AvgIpc) is 3.16. The van der Waals surface area contributed by atoms with Gasteiger partial charge in [-0.2, -0.15) is 5.10 Å². The minimum absolute atomic E-state index is 0.0716. The molecule has 2 heterocycles.